The molecule has 0 aromatic heterocycles. The number of hydrogen-bond acceptors (Lipinski definition) is 3. The predicted octanol–water partition coefficient (Wildman–Crippen LogP) is 1.98. The molecule has 1 amide bonds. The highest BCUT2D eigenvalue weighted by Crippen LogP contribution is 2.19. The van der Waals surface area contributed by atoms with Crippen LogP contribution in [0.15, 0.2) is 24.0 Å². The number of amides is 1. The Morgan fingerprint density at radius 2 is 2.33 bits per heavy atom. The third-order valence-electron chi connectivity index (χ3n) is 1.89. The second-order valence-corrected chi connectivity index (χ2v) is 3.54. The monoisotopic (exact) mass is 211 g/mol. The van der Waals surface area contributed by atoms with Crippen molar-refractivity contribution in [3.05, 3.63) is 24.0 Å². The minimum atomic E-state index is -0.437. The van der Waals surface area contributed by atoms with Crippen LogP contribution in [0.5, 0.6) is 0 Å². The van der Waals surface area contributed by atoms with Gasteiger partial charge < -0.3 is 14.8 Å². The highest BCUT2D eigenvalue weighted by atomic mass is 16.6. The number of nitrogens with one attached hydrogen (secondary N) is 1. The molecule has 0 aromatic carbocycles. The number of ether oxygens (including phenoxy) is 2. The van der Waals surface area contributed by atoms with Gasteiger partial charge in [0.1, 0.15) is 5.76 Å². The van der Waals surface area contributed by atoms with Gasteiger partial charge in [-0.3, -0.25) is 0 Å². The fourth-order valence-electron chi connectivity index (χ4n) is 1.27. The number of allylic oxidation sites excluding steroid dienone is 2. The summed E-state index contributed by atoms with van der Waals surface area (Å²) < 4.78 is 10.7. The van der Waals surface area contributed by atoms with Crippen LogP contribution in [0.3, 0.4) is 0 Å². The lowest BCUT2D eigenvalue weighted by atomic mass is 10.1. The third-order valence-corrected chi connectivity index (χ3v) is 1.89. The largest absolute Gasteiger partial charge is 0.491 e. The molecule has 4 heteroatoms. The van der Waals surface area contributed by atoms with E-state index in [9.17, 15) is 4.79 Å². The topological polar surface area (TPSA) is 47.6 Å². The van der Waals surface area contributed by atoms with Crippen LogP contribution < -0.4 is 5.32 Å². The Bertz CT molecular complexity index is 282. The van der Waals surface area contributed by atoms with Gasteiger partial charge in [-0.1, -0.05) is 12.2 Å². The summed E-state index contributed by atoms with van der Waals surface area (Å²) in [6, 6.07) is 0. The van der Waals surface area contributed by atoms with Gasteiger partial charge in [0, 0.05) is 13.5 Å². The fraction of sp³-hybridized carbons (Fsp3) is 0.545. The minimum Gasteiger partial charge on any atom is -0.491 e. The normalized spacial score (nSPS) is 19.7. The maximum absolute atomic E-state index is 11.1. The van der Waals surface area contributed by atoms with E-state index in [1.165, 1.54) is 7.05 Å². The van der Waals surface area contributed by atoms with E-state index < -0.39 is 6.09 Å². The van der Waals surface area contributed by atoms with Crippen LogP contribution in [0.1, 0.15) is 20.3 Å². The summed E-state index contributed by atoms with van der Waals surface area (Å²) in [7, 11) is 1.54. The molecule has 4 nitrogen and oxygen atoms in total. The summed E-state index contributed by atoms with van der Waals surface area (Å²) in [6.45, 7) is 3.88. The van der Waals surface area contributed by atoms with Crippen molar-refractivity contribution >= 4 is 6.09 Å². The number of carbonyl (C=O) groups is 1. The lowest BCUT2D eigenvalue weighted by Gasteiger charge is -2.23. The molecule has 0 heterocycles. The molecule has 0 aliphatic heterocycles. The van der Waals surface area contributed by atoms with E-state index in [0.717, 1.165) is 0 Å². The van der Waals surface area contributed by atoms with E-state index in [2.05, 4.69) is 5.32 Å². The van der Waals surface area contributed by atoms with Crippen LogP contribution in [0, 0.1) is 0 Å². The van der Waals surface area contributed by atoms with Gasteiger partial charge in [0.25, 0.3) is 0 Å². The lowest BCUT2D eigenvalue weighted by molar-refractivity contribution is 0.0498. The lowest BCUT2D eigenvalue weighted by Crippen LogP contribution is -2.29. The summed E-state index contributed by atoms with van der Waals surface area (Å²) in [5.41, 5.74) is 0. The molecular weight excluding hydrogens is 194 g/mol. The van der Waals surface area contributed by atoms with Crippen LogP contribution in [-0.2, 0) is 9.47 Å². The van der Waals surface area contributed by atoms with Gasteiger partial charge in [0.2, 0.25) is 0 Å². The Hall–Kier alpha value is -1.45. The van der Waals surface area contributed by atoms with Crippen LogP contribution in [0.25, 0.3) is 0 Å². The first-order valence-electron chi connectivity index (χ1n) is 5.05. The Balaban J connectivity index is 2.59. The smallest absolute Gasteiger partial charge is 0.407 e. The molecule has 0 aromatic rings. The molecule has 1 aliphatic carbocycles. The quantitative estimate of drug-likeness (QED) is 0.776. The first-order valence-corrected chi connectivity index (χ1v) is 5.05. The molecule has 0 bridgehead atoms. The minimum absolute atomic E-state index is 0.0820. The van der Waals surface area contributed by atoms with E-state index in [0.29, 0.717) is 12.2 Å². The average molecular weight is 211 g/mol. The van der Waals surface area contributed by atoms with Gasteiger partial charge in [-0.05, 0) is 19.9 Å². The van der Waals surface area contributed by atoms with Gasteiger partial charge in [-0.25, -0.2) is 4.79 Å². The molecular formula is C11H17NO3. The summed E-state index contributed by atoms with van der Waals surface area (Å²) >= 11 is 0. The highest BCUT2D eigenvalue weighted by molar-refractivity contribution is 5.67. The molecule has 0 saturated heterocycles. The maximum atomic E-state index is 11.1. The molecule has 0 radical (unpaired) electrons. The maximum Gasteiger partial charge on any atom is 0.407 e. The predicted molar refractivity (Wildman–Crippen MR) is 57.4 cm³/mol. The third kappa shape index (κ3) is 3.65. The van der Waals surface area contributed by atoms with Crippen molar-refractivity contribution in [1.29, 1.82) is 0 Å². The number of rotatable bonds is 3. The molecule has 0 fully saturated rings. The summed E-state index contributed by atoms with van der Waals surface area (Å²) in [5.74, 6) is 0.705. The van der Waals surface area contributed by atoms with Crippen molar-refractivity contribution in [2.24, 2.45) is 0 Å². The summed E-state index contributed by atoms with van der Waals surface area (Å²) in [4.78, 5) is 11.1. The molecule has 1 rings (SSSR count). The molecule has 15 heavy (non-hydrogen) atoms. The van der Waals surface area contributed by atoms with E-state index in [-0.39, 0.29) is 12.2 Å². The zero-order chi connectivity index (χ0) is 11.3. The van der Waals surface area contributed by atoms with Crippen molar-refractivity contribution in [3.8, 4) is 0 Å². The van der Waals surface area contributed by atoms with E-state index in [1.54, 1.807) is 0 Å². The number of hydrogen-bond donors (Lipinski definition) is 1. The second-order valence-electron chi connectivity index (χ2n) is 3.54. The van der Waals surface area contributed by atoms with Crippen molar-refractivity contribution in [2.45, 2.75) is 32.5 Å². The molecule has 0 spiro atoms. The standard InChI is InChI=1S/C11H17NO3/c1-8(2)14-9-6-4-5-7-10(9)15-11(13)12-3/h4-6,8,10H,7H2,1-3H3,(H,12,13). The molecule has 1 N–H and O–H groups in total. The molecule has 1 aliphatic rings. The van der Waals surface area contributed by atoms with Crippen LogP contribution in [0.2, 0.25) is 0 Å². The second kappa shape index (κ2) is 5.44. The Kier molecular flexibility index (Phi) is 4.21. The van der Waals surface area contributed by atoms with Gasteiger partial charge in [-0.2, -0.15) is 0 Å². The fourth-order valence-corrected chi connectivity index (χ4v) is 1.27. The zero-order valence-corrected chi connectivity index (χ0v) is 9.32. The van der Waals surface area contributed by atoms with Gasteiger partial charge in [0.05, 0.1) is 6.10 Å². The first-order chi connectivity index (χ1) is 7.13. The summed E-state index contributed by atoms with van der Waals surface area (Å²) in [5, 5.41) is 2.42. The molecule has 84 valence electrons. The zero-order valence-electron chi connectivity index (χ0n) is 9.32. The van der Waals surface area contributed by atoms with Crippen molar-refractivity contribution in [2.75, 3.05) is 7.05 Å². The van der Waals surface area contributed by atoms with Gasteiger partial charge >= 0.3 is 6.09 Å². The van der Waals surface area contributed by atoms with Crippen molar-refractivity contribution in [3.63, 3.8) is 0 Å². The molecule has 1 atom stereocenters. The Morgan fingerprint density at radius 1 is 1.60 bits per heavy atom. The SMILES string of the molecule is CNC(=O)OC1CC=CC=C1OC(C)C. The van der Waals surface area contributed by atoms with E-state index in [4.69, 9.17) is 9.47 Å². The van der Waals surface area contributed by atoms with Crippen LogP contribution in [0.4, 0.5) is 4.79 Å². The van der Waals surface area contributed by atoms with Gasteiger partial charge in [0.15, 0.2) is 6.10 Å². The van der Waals surface area contributed by atoms with Crippen molar-refractivity contribution < 1.29 is 14.3 Å². The number of alkyl carbamates (subject to hydrolysis) is 1. The first kappa shape index (κ1) is 11.6. The van der Waals surface area contributed by atoms with Gasteiger partial charge in [-0.15, -0.1) is 0 Å². The highest BCUT2D eigenvalue weighted by Gasteiger charge is 2.21. The van der Waals surface area contributed by atoms with E-state index in [1.807, 2.05) is 32.1 Å². The Morgan fingerprint density at radius 3 is 2.93 bits per heavy atom. The van der Waals surface area contributed by atoms with E-state index >= 15 is 0 Å². The summed E-state index contributed by atoms with van der Waals surface area (Å²) in [6.07, 6.45) is 5.68. The Labute approximate surface area is 89.9 Å². The number of carbonyl (C=O) groups excluding carboxylic acids is 1. The average Bonchev–Trinajstić information content (AvgIpc) is 2.20. The van der Waals surface area contributed by atoms with Crippen molar-refractivity contribution in [1.82, 2.24) is 5.32 Å². The molecule has 1 unspecified atom stereocenters. The van der Waals surface area contributed by atoms with Crippen LogP contribution >= 0.6 is 0 Å². The molecule has 0 saturated carbocycles. The van der Waals surface area contributed by atoms with Crippen LogP contribution in [-0.4, -0.2) is 25.3 Å².